The Morgan fingerprint density at radius 3 is 2.81 bits per heavy atom. The fraction of sp³-hybridized carbons (Fsp3) is 0.417. The molecule has 1 aromatic rings. The van der Waals surface area contributed by atoms with Crippen LogP contribution in [0.2, 0.25) is 0 Å². The van der Waals surface area contributed by atoms with Gasteiger partial charge in [-0.1, -0.05) is 30.3 Å². The van der Waals surface area contributed by atoms with Crippen molar-refractivity contribution in [2.75, 3.05) is 13.2 Å². The first kappa shape index (κ1) is 11.1. The summed E-state index contributed by atoms with van der Waals surface area (Å²) in [4.78, 5) is 11.8. The van der Waals surface area contributed by atoms with E-state index in [0.717, 1.165) is 12.0 Å². The molecule has 1 saturated heterocycles. The van der Waals surface area contributed by atoms with E-state index in [-0.39, 0.29) is 11.9 Å². The van der Waals surface area contributed by atoms with Crippen molar-refractivity contribution >= 4 is 5.91 Å². The molecule has 4 nitrogen and oxygen atoms in total. The summed E-state index contributed by atoms with van der Waals surface area (Å²) in [7, 11) is 0. The fourth-order valence-electron chi connectivity index (χ4n) is 1.75. The highest BCUT2D eigenvalue weighted by atomic mass is 16.5. The largest absolute Gasteiger partial charge is 0.379 e. The molecule has 0 spiro atoms. The molecule has 1 fully saturated rings. The van der Waals surface area contributed by atoms with Gasteiger partial charge in [-0.3, -0.25) is 4.79 Å². The highest BCUT2D eigenvalue weighted by molar-refractivity contribution is 5.83. The van der Waals surface area contributed by atoms with Gasteiger partial charge in [0.15, 0.2) is 0 Å². The van der Waals surface area contributed by atoms with Gasteiger partial charge in [-0.05, 0) is 12.0 Å². The normalized spacial score (nSPS) is 21.7. The SMILES string of the molecule is NC(C(=O)NC1CCOC1)c1ccccc1. The zero-order chi connectivity index (χ0) is 11.4. The first-order valence-corrected chi connectivity index (χ1v) is 5.46. The molecule has 0 bridgehead atoms. The molecule has 1 aliphatic heterocycles. The smallest absolute Gasteiger partial charge is 0.241 e. The van der Waals surface area contributed by atoms with Crippen molar-refractivity contribution in [3.8, 4) is 0 Å². The molecule has 16 heavy (non-hydrogen) atoms. The van der Waals surface area contributed by atoms with Crippen molar-refractivity contribution in [3.63, 3.8) is 0 Å². The third-order valence-corrected chi connectivity index (χ3v) is 2.72. The van der Waals surface area contributed by atoms with E-state index in [1.165, 1.54) is 0 Å². The molecule has 0 aliphatic carbocycles. The predicted octanol–water partition coefficient (Wildman–Crippen LogP) is 0.591. The Balaban J connectivity index is 1.94. The van der Waals surface area contributed by atoms with Gasteiger partial charge < -0.3 is 15.8 Å². The maximum absolute atomic E-state index is 11.8. The molecule has 1 heterocycles. The first-order valence-electron chi connectivity index (χ1n) is 5.46. The maximum atomic E-state index is 11.8. The molecule has 0 radical (unpaired) electrons. The topological polar surface area (TPSA) is 64.4 Å². The third kappa shape index (κ3) is 2.59. The summed E-state index contributed by atoms with van der Waals surface area (Å²) < 4.78 is 5.19. The van der Waals surface area contributed by atoms with Crippen LogP contribution >= 0.6 is 0 Å². The van der Waals surface area contributed by atoms with Gasteiger partial charge in [0.05, 0.1) is 12.6 Å². The van der Waals surface area contributed by atoms with Crippen LogP contribution in [0.3, 0.4) is 0 Å². The van der Waals surface area contributed by atoms with E-state index in [1.807, 2.05) is 30.3 Å². The standard InChI is InChI=1S/C12H16N2O2/c13-11(9-4-2-1-3-5-9)12(15)14-10-6-7-16-8-10/h1-5,10-11H,6-8,13H2,(H,14,15). The van der Waals surface area contributed by atoms with Crippen molar-refractivity contribution < 1.29 is 9.53 Å². The molecule has 0 saturated carbocycles. The summed E-state index contributed by atoms with van der Waals surface area (Å²) in [5.41, 5.74) is 6.70. The Morgan fingerprint density at radius 1 is 1.44 bits per heavy atom. The van der Waals surface area contributed by atoms with Gasteiger partial charge in [0.25, 0.3) is 0 Å². The molecule has 2 unspecified atom stereocenters. The summed E-state index contributed by atoms with van der Waals surface area (Å²) in [6.07, 6.45) is 0.868. The number of hydrogen-bond donors (Lipinski definition) is 2. The van der Waals surface area contributed by atoms with E-state index in [2.05, 4.69) is 5.32 Å². The van der Waals surface area contributed by atoms with E-state index in [0.29, 0.717) is 13.2 Å². The minimum atomic E-state index is -0.596. The molecule has 0 aromatic heterocycles. The van der Waals surface area contributed by atoms with Gasteiger partial charge in [-0.25, -0.2) is 0 Å². The molecular formula is C12H16N2O2. The van der Waals surface area contributed by atoms with Crippen LogP contribution in [0.1, 0.15) is 18.0 Å². The van der Waals surface area contributed by atoms with Gasteiger partial charge in [-0.15, -0.1) is 0 Å². The highest BCUT2D eigenvalue weighted by Gasteiger charge is 2.22. The summed E-state index contributed by atoms with van der Waals surface area (Å²) in [6, 6.07) is 8.88. The van der Waals surface area contributed by atoms with Gasteiger partial charge in [0, 0.05) is 6.61 Å². The number of nitrogens with two attached hydrogens (primary N) is 1. The van der Waals surface area contributed by atoms with Gasteiger partial charge in [0.1, 0.15) is 6.04 Å². The van der Waals surface area contributed by atoms with Crippen LogP contribution in [0.15, 0.2) is 30.3 Å². The lowest BCUT2D eigenvalue weighted by Crippen LogP contribution is -2.41. The molecular weight excluding hydrogens is 204 g/mol. The van der Waals surface area contributed by atoms with Crippen LogP contribution < -0.4 is 11.1 Å². The van der Waals surface area contributed by atoms with Crippen LogP contribution in [0.25, 0.3) is 0 Å². The third-order valence-electron chi connectivity index (χ3n) is 2.72. The van der Waals surface area contributed by atoms with Crippen LogP contribution in [0.5, 0.6) is 0 Å². The van der Waals surface area contributed by atoms with E-state index < -0.39 is 6.04 Å². The first-order chi connectivity index (χ1) is 7.77. The number of carbonyl (C=O) groups excluding carboxylic acids is 1. The number of ether oxygens (including phenoxy) is 1. The second-order valence-corrected chi connectivity index (χ2v) is 3.96. The number of amides is 1. The van der Waals surface area contributed by atoms with Crippen molar-refractivity contribution in [3.05, 3.63) is 35.9 Å². The van der Waals surface area contributed by atoms with Gasteiger partial charge >= 0.3 is 0 Å². The van der Waals surface area contributed by atoms with E-state index in [1.54, 1.807) is 0 Å². The molecule has 1 aliphatic rings. The zero-order valence-corrected chi connectivity index (χ0v) is 9.06. The Morgan fingerprint density at radius 2 is 2.19 bits per heavy atom. The molecule has 1 aromatic carbocycles. The van der Waals surface area contributed by atoms with Crippen LogP contribution in [0, 0.1) is 0 Å². The Bertz CT molecular complexity index is 347. The van der Waals surface area contributed by atoms with Crippen LogP contribution in [0.4, 0.5) is 0 Å². The minimum absolute atomic E-state index is 0.113. The predicted molar refractivity (Wildman–Crippen MR) is 60.7 cm³/mol. The monoisotopic (exact) mass is 220 g/mol. The van der Waals surface area contributed by atoms with Crippen molar-refractivity contribution in [1.82, 2.24) is 5.32 Å². The highest BCUT2D eigenvalue weighted by Crippen LogP contribution is 2.11. The lowest BCUT2D eigenvalue weighted by atomic mass is 10.1. The minimum Gasteiger partial charge on any atom is -0.379 e. The summed E-state index contributed by atoms with van der Waals surface area (Å²) in [5.74, 6) is -0.137. The average Bonchev–Trinajstić information content (AvgIpc) is 2.82. The molecule has 2 rings (SSSR count). The summed E-state index contributed by atoms with van der Waals surface area (Å²) in [5, 5.41) is 2.89. The second-order valence-electron chi connectivity index (χ2n) is 3.96. The van der Waals surface area contributed by atoms with Crippen molar-refractivity contribution in [2.45, 2.75) is 18.5 Å². The second kappa shape index (κ2) is 5.09. The number of hydrogen-bond acceptors (Lipinski definition) is 3. The molecule has 1 amide bonds. The summed E-state index contributed by atoms with van der Waals surface area (Å²) in [6.45, 7) is 1.30. The number of nitrogens with one attached hydrogen (secondary N) is 1. The fourth-order valence-corrected chi connectivity index (χ4v) is 1.75. The quantitative estimate of drug-likeness (QED) is 0.783. The van der Waals surface area contributed by atoms with Crippen LogP contribution in [-0.4, -0.2) is 25.2 Å². The van der Waals surface area contributed by atoms with Crippen molar-refractivity contribution in [2.24, 2.45) is 5.73 Å². The average molecular weight is 220 g/mol. The lowest BCUT2D eigenvalue weighted by Gasteiger charge is -2.15. The summed E-state index contributed by atoms with van der Waals surface area (Å²) >= 11 is 0. The lowest BCUT2D eigenvalue weighted by molar-refractivity contribution is -0.123. The molecule has 4 heteroatoms. The van der Waals surface area contributed by atoms with E-state index in [4.69, 9.17) is 10.5 Å². The number of rotatable bonds is 3. The van der Waals surface area contributed by atoms with Crippen LogP contribution in [-0.2, 0) is 9.53 Å². The Labute approximate surface area is 94.8 Å². The number of carbonyl (C=O) groups is 1. The molecule has 3 N–H and O–H groups in total. The number of benzene rings is 1. The zero-order valence-electron chi connectivity index (χ0n) is 9.06. The Kier molecular flexibility index (Phi) is 3.54. The van der Waals surface area contributed by atoms with E-state index in [9.17, 15) is 4.79 Å². The van der Waals surface area contributed by atoms with Gasteiger partial charge in [0.2, 0.25) is 5.91 Å². The van der Waals surface area contributed by atoms with E-state index >= 15 is 0 Å². The molecule has 2 atom stereocenters. The van der Waals surface area contributed by atoms with Gasteiger partial charge in [-0.2, -0.15) is 0 Å². The molecule has 86 valence electrons. The Hall–Kier alpha value is -1.39. The maximum Gasteiger partial charge on any atom is 0.241 e. The van der Waals surface area contributed by atoms with Crippen molar-refractivity contribution in [1.29, 1.82) is 0 Å².